The largest absolute Gasteiger partial charge is 0.306 e. The molecule has 3 nitrogen and oxygen atoms in total. The van der Waals surface area contributed by atoms with Crippen LogP contribution in [0.15, 0.2) is 72.8 Å². The second kappa shape index (κ2) is 11.8. The number of hydrogen-bond donors (Lipinski definition) is 1. The van der Waals surface area contributed by atoms with Gasteiger partial charge in [0.2, 0.25) is 0 Å². The molecule has 1 unspecified atom stereocenters. The fourth-order valence-corrected chi connectivity index (χ4v) is 4.35. The monoisotopic (exact) mass is 537 g/mol. The molecule has 0 fully saturated rings. The molecule has 5 heteroatoms. The van der Waals surface area contributed by atoms with Crippen molar-refractivity contribution in [1.82, 2.24) is 5.32 Å². The van der Waals surface area contributed by atoms with Crippen LogP contribution in [0.25, 0.3) is 0 Å². The number of benzene rings is 3. The van der Waals surface area contributed by atoms with Crippen molar-refractivity contribution in [2.45, 2.75) is 44.4 Å². The first kappa shape index (κ1) is 23.9. The number of rotatable bonds is 9. The van der Waals surface area contributed by atoms with Crippen molar-refractivity contribution in [2.75, 3.05) is 0 Å². The molecule has 0 aliphatic carbocycles. The molecule has 0 saturated heterocycles. The topological polar surface area (TPSA) is 59.6 Å². The lowest BCUT2D eigenvalue weighted by molar-refractivity contribution is 0.400. The molecule has 0 saturated carbocycles. The zero-order valence-electron chi connectivity index (χ0n) is 17.9. The normalized spacial score (nSPS) is 13.5. The van der Waals surface area contributed by atoms with Crippen LogP contribution in [-0.2, 0) is 13.1 Å². The summed E-state index contributed by atoms with van der Waals surface area (Å²) in [4.78, 5) is 0. The number of alkyl halides is 1. The quantitative estimate of drug-likeness (QED) is 0.313. The Morgan fingerprint density at radius 2 is 1.66 bits per heavy atom. The molecule has 3 rings (SSSR count). The molecule has 162 valence electrons. The number of hydrogen-bond acceptors (Lipinski definition) is 3. The first-order valence-electron chi connectivity index (χ1n) is 10.6. The lowest BCUT2D eigenvalue weighted by Crippen LogP contribution is -2.36. The van der Waals surface area contributed by atoms with E-state index in [0.717, 1.165) is 17.5 Å². The molecule has 0 aliphatic heterocycles. The van der Waals surface area contributed by atoms with E-state index in [2.05, 4.69) is 77.3 Å². The summed E-state index contributed by atoms with van der Waals surface area (Å²) in [5.41, 5.74) is 4.44. The van der Waals surface area contributed by atoms with Crippen LogP contribution < -0.4 is 5.32 Å². The van der Waals surface area contributed by atoms with Crippen molar-refractivity contribution in [3.63, 3.8) is 0 Å². The van der Waals surface area contributed by atoms with E-state index in [0.29, 0.717) is 11.1 Å². The molecule has 3 atom stereocenters. The molecule has 0 spiro atoms. The van der Waals surface area contributed by atoms with E-state index in [1.807, 2.05) is 36.4 Å². The Labute approximate surface area is 203 Å². The Bertz CT molecular complexity index is 1110. The molecule has 0 bridgehead atoms. The fraction of sp³-hybridized carbons (Fsp3) is 0.259. The zero-order valence-corrected chi connectivity index (χ0v) is 20.1. The number of nitrogens with zero attached hydrogens (tertiary/aromatic N) is 2. The highest BCUT2D eigenvalue weighted by atomic mass is 127. The number of nitrogens with one attached hydrogen (secondary N) is 1. The van der Waals surface area contributed by atoms with E-state index in [-0.39, 0.29) is 24.4 Å². The zero-order chi connectivity index (χ0) is 22.9. The SMILES string of the molecule is C[C@H](NC(CC#N)c1cccc(CF)c1)[C@@H](Cc1ccc(I)cc1)c1cccc(C#N)c1. The van der Waals surface area contributed by atoms with Gasteiger partial charge >= 0.3 is 0 Å². The van der Waals surface area contributed by atoms with Gasteiger partial charge in [-0.2, -0.15) is 10.5 Å². The Kier molecular flexibility index (Phi) is 8.79. The molecule has 32 heavy (non-hydrogen) atoms. The third-order valence-electron chi connectivity index (χ3n) is 5.68. The average Bonchev–Trinajstić information content (AvgIpc) is 2.83. The van der Waals surface area contributed by atoms with Gasteiger partial charge in [-0.25, -0.2) is 4.39 Å². The van der Waals surface area contributed by atoms with Gasteiger partial charge in [-0.05, 0) is 82.5 Å². The Hall–Kier alpha value is -2.74. The molecule has 0 amide bonds. The standard InChI is InChI=1S/C27H25FIN3/c1-19(32-27(12-13-30)24-7-2-4-21(14-24)17-28)26(16-20-8-10-25(29)11-9-20)23-6-3-5-22(15-23)18-31/h2-11,14-15,19,26-27,32H,12,16-17H2,1H3/t19-,26+,27?/m0/s1. The van der Waals surface area contributed by atoms with Crippen LogP contribution in [0.5, 0.6) is 0 Å². The minimum absolute atomic E-state index is 0.00982. The highest BCUT2D eigenvalue weighted by molar-refractivity contribution is 14.1. The van der Waals surface area contributed by atoms with E-state index in [1.165, 1.54) is 9.13 Å². The lowest BCUT2D eigenvalue weighted by atomic mass is 9.85. The summed E-state index contributed by atoms with van der Waals surface area (Å²) in [5, 5.41) is 22.4. The molecule has 0 aliphatic rings. The molecule has 0 radical (unpaired) electrons. The second-order valence-corrected chi connectivity index (χ2v) is 9.17. The van der Waals surface area contributed by atoms with Gasteiger partial charge in [-0.3, -0.25) is 0 Å². The van der Waals surface area contributed by atoms with Crippen molar-refractivity contribution in [3.05, 3.63) is 104 Å². The molecule has 0 aromatic heterocycles. The smallest absolute Gasteiger partial charge is 0.115 e. The van der Waals surface area contributed by atoms with Crippen molar-refractivity contribution in [3.8, 4) is 12.1 Å². The van der Waals surface area contributed by atoms with E-state index < -0.39 is 6.67 Å². The molecule has 3 aromatic rings. The average molecular weight is 537 g/mol. The summed E-state index contributed by atoms with van der Waals surface area (Å²) < 4.78 is 14.4. The minimum Gasteiger partial charge on any atom is -0.306 e. The highest BCUT2D eigenvalue weighted by Gasteiger charge is 2.24. The highest BCUT2D eigenvalue weighted by Crippen LogP contribution is 2.29. The van der Waals surface area contributed by atoms with Crippen LogP contribution in [0.4, 0.5) is 4.39 Å². The van der Waals surface area contributed by atoms with Gasteiger partial charge in [0.25, 0.3) is 0 Å². The van der Waals surface area contributed by atoms with Gasteiger partial charge in [0.05, 0.1) is 24.1 Å². The number of nitriles is 2. The van der Waals surface area contributed by atoms with Gasteiger partial charge in [0, 0.05) is 21.6 Å². The molecular formula is C27H25FIN3. The van der Waals surface area contributed by atoms with Crippen molar-refractivity contribution in [2.24, 2.45) is 0 Å². The summed E-state index contributed by atoms with van der Waals surface area (Å²) >= 11 is 2.30. The van der Waals surface area contributed by atoms with E-state index in [4.69, 9.17) is 0 Å². The summed E-state index contributed by atoms with van der Waals surface area (Å²) in [6.07, 6.45) is 1.08. The molecular weight excluding hydrogens is 512 g/mol. The summed E-state index contributed by atoms with van der Waals surface area (Å²) in [6, 6.07) is 27.8. The van der Waals surface area contributed by atoms with Gasteiger partial charge in [-0.15, -0.1) is 0 Å². The molecule has 3 aromatic carbocycles. The van der Waals surface area contributed by atoms with Crippen LogP contribution in [0.1, 0.15) is 53.1 Å². The molecule has 1 N–H and O–H groups in total. The van der Waals surface area contributed by atoms with Crippen LogP contribution in [0, 0.1) is 26.2 Å². The Morgan fingerprint density at radius 1 is 0.938 bits per heavy atom. The first-order chi connectivity index (χ1) is 15.5. The predicted octanol–water partition coefficient (Wildman–Crippen LogP) is 6.59. The molecule has 0 heterocycles. The van der Waals surface area contributed by atoms with Gasteiger partial charge in [0.15, 0.2) is 0 Å². The maximum Gasteiger partial charge on any atom is 0.115 e. The fourth-order valence-electron chi connectivity index (χ4n) is 3.99. The summed E-state index contributed by atoms with van der Waals surface area (Å²) in [7, 11) is 0. The van der Waals surface area contributed by atoms with Gasteiger partial charge in [0.1, 0.15) is 6.67 Å². The van der Waals surface area contributed by atoms with Crippen LogP contribution in [0.2, 0.25) is 0 Å². The minimum atomic E-state index is -0.529. The predicted molar refractivity (Wildman–Crippen MR) is 134 cm³/mol. The van der Waals surface area contributed by atoms with E-state index >= 15 is 0 Å². The van der Waals surface area contributed by atoms with Gasteiger partial charge < -0.3 is 5.32 Å². The third kappa shape index (κ3) is 6.38. The summed E-state index contributed by atoms with van der Waals surface area (Å²) in [6.45, 7) is 1.58. The van der Waals surface area contributed by atoms with Crippen molar-refractivity contribution < 1.29 is 4.39 Å². The van der Waals surface area contributed by atoms with E-state index in [9.17, 15) is 14.9 Å². The summed E-state index contributed by atoms with van der Waals surface area (Å²) in [5.74, 6) is 0.0916. The Balaban J connectivity index is 1.91. The van der Waals surface area contributed by atoms with Crippen molar-refractivity contribution >= 4 is 22.6 Å². The van der Waals surface area contributed by atoms with E-state index in [1.54, 1.807) is 6.07 Å². The Morgan fingerprint density at radius 3 is 2.34 bits per heavy atom. The third-order valence-corrected chi connectivity index (χ3v) is 6.40. The maximum absolute atomic E-state index is 13.2. The van der Waals surface area contributed by atoms with Crippen LogP contribution in [0.3, 0.4) is 0 Å². The number of halogens is 2. The lowest BCUT2D eigenvalue weighted by Gasteiger charge is -2.30. The van der Waals surface area contributed by atoms with Crippen molar-refractivity contribution in [1.29, 1.82) is 10.5 Å². The van der Waals surface area contributed by atoms with Gasteiger partial charge in [-0.1, -0.05) is 48.5 Å². The van der Waals surface area contributed by atoms with Crippen LogP contribution >= 0.6 is 22.6 Å². The second-order valence-electron chi connectivity index (χ2n) is 7.92. The maximum atomic E-state index is 13.2. The van der Waals surface area contributed by atoms with Crippen LogP contribution in [-0.4, -0.2) is 6.04 Å². The first-order valence-corrected chi connectivity index (χ1v) is 11.6.